The molecular formula is C19H32N8O. The fraction of sp³-hybridized carbons (Fsp3) is 0.684. The standard InChI is InChI=1S/C19H32N8O/c1-21-18(22-8-4-10-25-9-2-5-16(15-25)17(20)28)26-11-13-27(14-12-26)19-23-6-3-7-24-19/h3,6-7,16H,2,4-5,8-15H2,1H3,(H2,20,28)(H,21,22). The third-order valence-electron chi connectivity index (χ3n) is 5.47. The number of carbonyl (C=O) groups is 1. The molecule has 28 heavy (non-hydrogen) atoms. The third-order valence-corrected chi connectivity index (χ3v) is 5.47. The van der Waals surface area contributed by atoms with Crippen LogP contribution in [0, 0.1) is 5.92 Å². The Balaban J connectivity index is 1.37. The van der Waals surface area contributed by atoms with Crippen LogP contribution in [0.25, 0.3) is 0 Å². The summed E-state index contributed by atoms with van der Waals surface area (Å²) in [4.78, 5) is 31.3. The Bertz CT molecular complexity index is 645. The summed E-state index contributed by atoms with van der Waals surface area (Å²) in [7, 11) is 1.83. The lowest BCUT2D eigenvalue weighted by molar-refractivity contribution is -0.123. The molecule has 0 saturated carbocycles. The smallest absolute Gasteiger partial charge is 0.225 e. The van der Waals surface area contributed by atoms with Crippen molar-refractivity contribution in [2.45, 2.75) is 19.3 Å². The highest BCUT2D eigenvalue weighted by atomic mass is 16.1. The topological polar surface area (TPSA) is 103 Å². The van der Waals surface area contributed by atoms with Gasteiger partial charge in [0.15, 0.2) is 5.96 Å². The van der Waals surface area contributed by atoms with Gasteiger partial charge in [-0.15, -0.1) is 0 Å². The van der Waals surface area contributed by atoms with Crippen molar-refractivity contribution in [1.29, 1.82) is 0 Å². The SMILES string of the molecule is CN=C(NCCCN1CCCC(C(N)=O)C1)N1CCN(c2ncccn2)CC1. The Morgan fingerprint density at radius 2 is 2.00 bits per heavy atom. The van der Waals surface area contributed by atoms with Crippen LogP contribution in [0.5, 0.6) is 0 Å². The summed E-state index contributed by atoms with van der Waals surface area (Å²) in [5, 5.41) is 3.48. The number of nitrogens with zero attached hydrogens (tertiary/aromatic N) is 6. The monoisotopic (exact) mass is 388 g/mol. The number of piperidine rings is 1. The molecule has 3 rings (SSSR count). The summed E-state index contributed by atoms with van der Waals surface area (Å²) in [5.41, 5.74) is 5.46. The lowest BCUT2D eigenvalue weighted by Crippen LogP contribution is -2.53. The number of piperazine rings is 1. The molecule has 1 atom stereocenters. The fourth-order valence-electron chi connectivity index (χ4n) is 3.90. The van der Waals surface area contributed by atoms with Gasteiger partial charge >= 0.3 is 0 Å². The van der Waals surface area contributed by atoms with Crippen LogP contribution in [0.2, 0.25) is 0 Å². The number of likely N-dealkylation sites (tertiary alicyclic amines) is 1. The number of nitrogens with two attached hydrogens (primary N) is 1. The van der Waals surface area contributed by atoms with Gasteiger partial charge in [-0.25, -0.2) is 9.97 Å². The molecule has 9 nitrogen and oxygen atoms in total. The molecule has 0 bridgehead atoms. The highest BCUT2D eigenvalue weighted by Gasteiger charge is 2.24. The molecule has 2 fully saturated rings. The van der Waals surface area contributed by atoms with Crippen molar-refractivity contribution in [1.82, 2.24) is 25.1 Å². The molecule has 0 aliphatic carbocycles. The van der Waals surface area contributed by atoms with E-state index < -0.39 is 0 Å². The molecule has 154 valence electrons. The number of anilines is 1. The van der Waals surface area contributed by atoms with Crippen molar-refractivity contribution in [3.05, 3.63) is 18.5 Å². The van der Waals surface area contributed by atoms with E-state index in [1.165, 1.54) is 0 Å². The first-order chi connectivity index (χ1) is 13.7. The van der Waals surface area contributed by atoms with Crippen molar-refractivity contribution in [3.63, 3.8) is 0 Å². The molecule has 3 N–H and O–H groups in total. The van der Waals surface area contributed by atoms with Crippen LogP contribution in [-0.4, -0.2) is 91.0 Å². The predicted octanol–water partition coefficient (Wildman–Crippen LogP) is -0.239. The predicted molar refractivity (Wildman–Crippen MR) is 110 cm³/mol. The Morgan fingerprint density at radius 3 is 2.68 bits per heavy atom. The molecule has 0 radical (unpaired) electrons. The molecule has 9 heteroatoms. The summed E-state index contributed by atoms with van der Waals surface area (Å²) in [6.45, 7) is 7.25. The number of aliphatic imine (C=N–C) groups is 1. The van der Waals surface area contributed by atoms with Gasteiger partial charge in [0, 0.05) is 58.7 Å². The average molecular weight is 389 g/mol. The zero-order chi connectivity index (χ0) is 19.8. The van der Waals surface area contributed by atoms with Gasteiger partial charge in [-0.2, -0.15) is 0 Å². The zero-order valence-electron chi connectivity index (χ0n) is 16.8. The van der Waals surface area contributed by atoms with E-state index in [-0.39, 0.29) is 11.8 Å². The number of rotatable bonds is 6. The molecular weight excluding hydrogens is 356 g/mol. The molecule has 2 saturated heterocycles. The van der Waals surface area contributed by atoms with Crippen LogP contribution in [0.15, 0.2) is 23.5 Å². The molecule has 0 spiro atoms. The molecule has 0 aromatic carbocycles. The second-order valence-corrected chi connectivity index (χ2v) is 7.39. The molecule has 2 aliphatic rings. The molecule has 1 unspecified atom stereocenters. The van der Waals surface area contributed by atoms with Gasteiger partial charge in [-0.05, 0) is 38.4 Å². The number of aromatic nitrogens is 2. The molecule has 1 amide bonds. The highest BCUT2D eigenvalue weighted by Crippen LogP contribution is 2.16. The molecule has 1 aromatic rings. The number of amides is 1. The van der Waals surface area contributed by atoms with Crippen LogP contribution in [0.1, 0.15) is 19.3 Å². The van der Waals surface area contributed by atoms with Gasteiger partial charge in [0.25, 0.3) is 0 Å². The van der Waals surface area contributed by atoms with Gasteiger partial charge in [0.2, 0.25) is 11.9 Å². The second-order valence-electron chi connectivity index (χ2n) is 7.39. The lowest BCUT2D eigenvalue weighted by Gasteiger charge is -2.36. The Hall–Kier alpha value is -2.42. The van der Waals surface area contributed by atoms with Gasteiger partial charge < -0.3 is 25.8 Å². The summed E-state index contributed by atoms with van der Waals surface area (Å²) >= 11 is 0. The average Bonchev–Trinajstić information content (AvgIpc) is 2.75. The first-order valence-electron chi connectivity index (χ1n) is 10.2. The van der Waals surface area contributed by atoms with E-state index in [0.29, 0.717) is 0 Å². The number of nitrogens with one attached hydrogen (secondary N) is 1. The van der Waals surface area contributed by atoms with E-state index >= 15 is 0 Å². The van der Waals surface area contributed by atoms with Crippen LogP contribution in [0.4, 0.5) is 5.95 Å². The minimum absolute atomic E-state index is 0.0133. The molecule has 2 aliphatic heterocycles. The van der Waals surface area contributed by atoms with Crippen molar-refractivity contribution < 1.29 is 4.79 Å². The van der Waals surface area contributed by atoms with Crippen molar-refractivity contribution in [2.75, 3.05) is 64.3 Å². The van der Waals surface area contributed by atoms with E-state index in [4.69, 9.17) is 5.73 Å². The number of hydrogen-bond acceptors (Lipinski definition) is 6. The van der Waals surface area contributed by atoms with Crippen molar-refractivity contribution in [2.24, 2.45) is 16.6 Å². The summed E-state index contributed by atoms with van der Waals surface area (Å²) in [6, 6.07) is 1.84. The maximum absolute atomic E-state index is 11.4. The fourth-order valence-corrected chi connectivity index (χ4v) is 3.90. The number of carbonyl (C=O) groups excluding carboxylic acids is 1. The lowest BCUT2D eigenvalue weighted by atomic mass is 9.97. The first kappa shape index (κ1) is 20.3. The van der Waals surface area contributed by atoms with Gasteiger partial charge in [-0.3, -0.25) is 9.79 Å². The van der Waals surface area contributed by atoms with Gasteiger partial charge in [-0.1, -0.05) is 0 Å². The molecule has 3 heterocycles. The minimum Gasteiger partial charge on any atom is -0.369 e. The van der Waals surface area contributed by atoms with Crippen LogP contribution in [-0.2, 0) is 4.79 Å². The van der Waals surface area contributed by atoms with Crippen molar-refractivity contribution >= 4 is 17.8 Å². The zero-order valence-corrected chi connectivity index (χ0v) is 16.8. The summed E-state index contributed by atoms with van der Waals surface area (Å²) in [6.07, 6.45) is 6.56. The Kier molecular flexibility index (Phi) is 7.41. The van der Waals surface area contributed by atoms with E-state index in [2.05, 4.69) is 35.0 Å². The quantitative estimate of drug-likeness (QED) is 0.394. The van der Waals surface area contributed by atoms with E-state index in [9.17, 15) is 4.79 Å². The number of hydrogen-bond donors (Lipinski definition) is 2. The van der Waals surface area contributed by atoms with E-state index in [1.807, 2.05) is 13.1 Å². The normalized spacial score (nSPS) is 21.6. The third kappa shape index (κ3) is 5.54. The largest absolute Gasteiger partial charge is 0.369 e. The summed E-state index contributed by atoms with van der Waals surface area (Å²) in [5.74, 6) is 1.59. The van der Waals surface area contributed by atoms with Crippen molar-refractivity contribution in [3.8, 4) is 0 Å². The van der Waals surface area contributed by atoms with Crippen LogP contribution in [0.3, 0.4) is 0 Å². The van der Waals surface area contributed by atoms with E-state index in [1.54, 1.807) is 12.4 Å². The number of primary amides is 1. The Morgan fingerprint density at radius 1 is 1.25 bits per heavy atom. The van der Waals surface area contributed by atoms with Gasteiger partial charge in [0.05, 0.1) is 5.92 Å². The Labute approximate surface area is 167 Å². The van der Waals surface area contributed by atoms with Gasteiger partial charge in [0.1, 0.15) is 0 Å². The van der Waals surface area contributed by atoms with E-state index in [0.717, 1.165) is 83.5 Å². The highest BCUT2D eigenvalue weighted by molar-refractivity contribution is 5.80. The first-order valence-corrected chi connectivity index (χ1v) is 10.2. The number of guanidine groups is 1. The summed E-state index contributed by atoms with van der Waals surface area (Å²) < 4.78 is 0. The second kappa shape index (κ2) is 10.2. The maximum Gasteiger partial charge on any atom is 0.225 e. The van der Waals surface area contributed by atoms with Crippen LogP contribution < -0.4 is 16.0 Å². The van der Waals surface area contributed by atoms with Crippen LogP contribution >= 0.6 is 0 Å². The maximum atomic E-state index is 11.4. The molecule has 1 aromatic heterocycles. The minimum atomic E-state index is -0.164.